The van der Waals surface area contributed by atoms with E-state index in [9.17, 15) is 13.2 Å². The van der Waals surface area contributed by atoms with Crippen molar-refractivity contribution in [1.29, 1.82) is 0 Å². The number of fused-ring (bicyclic) bond motifs is 1. The van der Waals surface area contributed by atoms with E-state index in [1.54, 1.807) is 0 Å². The molecular formula is C21H29N3O3S. The number of hydrogen-bond acceptors (Lipinski definition) is 3. The molecule has 1 heterocycles. The Morgan fingerprint density at radius 1 is 1.11 bits per heavy atom. The van der Waals surface area contributed by atoms with E-state index in [0.29, 0.717) is 32.5 Å². The number of piperidine rings is 1. The van der Waals surface area contributed by atoms with Crippen LogP contribution in [0.15, 0.2) is 42.5 Å². The van der Waals surface area contributed by atoms with Gasteiger partial charge in [0.2, 0.25) is 5.91 Å². The Labute approximate surface area is 167 Å². The predicted molar refractivity (Wildman–Crippen MR) is 112 cm³/mol. The molecule has 1 saturated heterocycles. The first kappa shape index (κ1) is 20.8. The summed E-state index contributed by atoms with van der Waals surface area (Å²) in [5.74, 6) is -0.0639. The maximum Gasteiger partial charge on any atom is 0.281 e. The molecule has 2 aromatic rings. The van der Waals surface area contributed by atoms with Gasteiger partial charge in [0.15, 0.2) is 0 Å². The number of carbonyl (C=O) groups excluding carboxylic acids is 1. The molecule has 2 aromatic carbocycles. The molecule has 0 unspecified atom stereocenters. The second-order valence-electron chi connectivity index (χ2n) is 7.50. The Morgan fingerprint density at radius 3 is 2.50 bits per heavy atom. The van der Waals surface area contributed by atoms with Crippen molar-refractivity contribution in [1.82, 2.24) is 13.9 Å². The summed E-state index contributed by atoms with van der Waals surface area (Å²) < 4.78 is 27.0. The minimum Gasteiger partial charge on any atom is -0.356 e. The van der Waals surface area contributed by atoms with Crippen LogP contribution in [0.5, 0.6) is 0 Å². The van der Waals surface area contributed by atoms with E-state index in [1.807, 2.05) is 6.07 Å². The summed E-state index contributed by atoms with van der Waals surface area (Å²) in [4.78, 5) is 12.4. The lowest BCUT2D eigenvalue weighted by Crippen LogP contribution is -2.46. The number of amides is 1. The molecule has 1 aliphatic heterocycles. The first-order chi connectivity index (χ1) is 13.4. The zero-order chi connectivity index (χ0) is 20.1. The van der Waals surface area contributed by atoms with Crippen LogP contribution in [-0.2, 0) is 21.4 Å². The number of aryl methyl sites for hydroxylation is 1. The lowest BCUT2D eigenvalue weighted by atomic mass is 9.97. The second-order valence-corrected chi connectivity index (χ2v) is 9.64. The summed E-state index contributed by atoms with van der Waals surface area (Å²) >= 11 is 0. The Kier molecular flexibility index (Phi) is 6.69. The number of rotatable bonds is 7. The van der Waals surface area contributed by atoms with Gasteiger partial charge in [0.1, 0.15) is 0 Å². The summed E-state index contributed by atoms with van der Waals surface area (Å²) in [6, 6.07) is 14.7. The van der Waals surface area contributed by atoms with Gasteiger partial charge in [0.25, 0.3) is 10.2 Å². The van der Waals surface area contributed by atoms with Gasteiger partial charge in [0.05, 0.1) is 0 Å². The maximum atomic E-state index is 12.4. The summed E-state index contributed by atoms with van der Waals surface area (Å²) in [6.45, 7) is 1.43. The molecule has 1 fully saturated rings. The Bertz CT molecular complexity index is 914. The summed E-state index contributed by atoms with van der Waals surface area (Å²) in [5.41, 5.74) is 1.30. The van der Waals surface area contributed by atoms with Crippen LogP contribution in [0, 0.1) is 5.92 Å². The van der Waals surface area contributed by atoms with Crippen molar-refractivity contribution in [3.63, 3.8) is 0 Å². The first-order valence-electron chi connectivity index (χ1n) is 9.81. The second kappa shape index (κ2) is 9.03. The van der Waals surface area contributed by atoms with Gasteiger partial charge in [-0.15, -0.1) is 0 Å². The van der Waals surface area contributed by atoms with Crippen molar-refractivity contribution in [2.24, 2.45) is 5.92 Å². The Morgan fingerprint density at radius 2 is 1.79 bits per heavy atom. The summed E-state index contributed by atoms with van der Waals surface area (Å²) in [7, 11) is -0.320. The fraction of sp³-hybridized carbons (Fsp3) is 0.476. The Hall–Kier alpha value is -1.96. The van der Waals surface area contributed by atoms with Crippen molar-refractivity contribution in [2.75, 3.05) is 33.7 Å². The molecule has 152 valence electrons. The molecule has 1 aliphatic rings. The van der Waals surface area contributed by atoms with Gasteiger partial charge in [0, 0.05) is 39.6 Å². The summed E-state index contributed by atoms with van der Waals surface area (Å²) in [6.07, 6.45) is 2.94. The van der Waals surface area contributed by atoms with Crippen LogP contribution >= 0.6 is 0 Å². The number of carbonyl (C=O) groups is 1. The third-order valence-corrected chi connectivity index (χ3v) is 7.36. The van der Waals surface area contributed by atoms with Gasteiger partial charge >= 0.3 is 0 Å². The van der Waals surface area contributed by atoms with Crippen LogP contribution < -0.4 is 5.32 Å². The molecule has 0 bridgehead atoms. The summed E-state index contributed by atoms with van der Waals surface area (Å²) in [5, 5.41) is 5.54. The minimum atomic E-state index is -3.38. The van der Waals surface area contributed by atoms with Crippen LogP contribution in [0.3, 0.4) is 0 Å². The zero-order valence-corrected chi connectivity index (χ0v) is 17.4. The van der Waals surface area contributed by atoms with Crippen LogP contribution in [-0.4, -0.2) is 56.7 Å². The van der Waals surface area contributed by atoms with E-state index in [4.69, 9.17) is 0 Å². The van der Waals surface area contributed by atoms with E-state index < -0.39 is 10.2 Å². The molecule has 7 heteroatoms. The number of hydrogen-bond donors (Lipinski definition) is 1. The Balaban J connectivity index is 1.44. The topological polar surface area (TPSA) is 69.7 Å². The van der Waals surface area contributed by atoms with Gasteiger partial charge in [-0.05, 0) is 42.0 Å². The number of benzene rings is 2. The molecule has 3 rings (SSSR count). The molecule has 0 spiro atoms. The lowest BCUT2D eigenvalue weighted by Gasteiger charge is -2.32. The molecular weight excluding hydrogens is 374 g/mol. The van der Waals surface area contributed by atoms with Crippen molar-refractivity contribution in [2.45, 2.75) is 25.7 Å². The van der Waals surface area contributed by atoms with Crippen LogP contribution in [0.2, 0.25) is 0 Å². The van der Waals surface area contributed by atoms with E-state index >= 15 is 0 Å². The molecule has 0 aromatic heterocycles. The van der Waals surface area contributed by atoms with Crippen LogP contribution in [0.25, 0.3) is 10.8 Å². The fourth-order valence-corrected chi connectivity index (χ4v) is 4.86. The molecule has 0 atom stereocenters. The highest BCUT2D eigenvalue weighted by Crippen LogP contribution is 2.21. The quantitative estimate of drug-likeness (QED) is 0.722. The molecule has 0 aliphatic carbocycles. The highest BCUT2D eigenvalue weighted by Gasteiger charge is 2.31. The van der Waals surface area contributed by atoms with Crippen LogP contribution in [0.1, 0.15) is 24.8 Å². The smallest absolute Gasteiger partial charge is 0.281 e. The predicted octanol–water partition coefficient (Wildman–Crippen LogP) is 2.41. The number of nitrogens with one attached hydrogen (secondary N) is 1. The van der Waals surface area contributed by atoms with Crippen molar-refractivity contribution < 1.29 is 13.2 Å². The first-order valence-corrected chi connectivity index (χ1v) is 11.2. The zero-order valence-electron chi connectivity index (χ0n) is 16.6. The van der Waals surface area contributed by atoms with Gasteiger partial charge in [-0.1, -0.05) is 42.5 Å². The monoisotopic (exact) mass is 403 g/mol. The van der Waals surface area contributed by atoms with Crippen molar-refractivity contribution in [3.05, 3.63) is 48.0 Å². The molecule has 28 heavy (non-hydrogen) atoms. The van der Waals surface area contributed by atoms with Gasteiger partial charge in [-0.2, -0.15) is 17.0 Å². The third-order valence-electron chi connectivity index (χ3n) is 5.41. The van der Waals surface area contributed by atoms with E-state index in [0.717, 1.165) is 12.8 Å². The molecule has 1 N–H and O–H groups in total. The minimum absolute atomic E-state index is 0.0415. The standard InChI is InChI=1S/C21H29N3O3S/c1-23(2)28(26,27)24-15-12-19(13-16-24)21(25)22-14-6-10-18-9-5-8-17-7-3-4-11-20(17)18/h3-5,7-9,11,19H,6,10,12-16H2,1-2H3,(H,22,25). The van der Waals surface area contributed by atoms with Crippen molar-refractivity contribution >= 4 is 26.9 Å². The van der Waals surface area contributed by atoms with Gasteiger partial charge in [-0.25, -0.2) is 0 Å². The molecule has 0 radical (unpaired) electrons. The van der Waals surface area contributed by atoms with E-state index in [1.165, 1.54) is 39.0 Å². The highest BCUT2D eigenvalue weighted by molar-refractivity contribution is 7.86. The lowest BCUT2D eigenvalue weighted by molar-refractivity contribution is -0.126. The average molecular weight is 404 g/mol. The highest BCUT2D eigenvalue weighted by atomic mass is 32.2. The van der Waals surface area contributed by atoms with E-state index in [-0.39, 0.29) is 11.8 Å². The SMILES string of the molecule is CN(C)S(=O)(=O)N1CCC(C(=O)NCCCc2cccc3ccccc23)CC1. The largest absolute Gasteiger partial charge is 0.356 e. The molecule has 6 nitrogen and oxygen atoms in total. The third kappa shape index (κ3) is 4.71. The molecule has 1 amide bonds. The normalized spacial score (nSPS) is 16.5. The van der Waals surface area contributed by atoms with Crippen LogP contribution in [0.4, 0.5) is 0 Å². The average Bonchev–Trinajstić information content (AvgIpc) is 2.71. The molecule has 0 saturated carbocycles. The van der Waals surface area contributed by atoms with E-state index in [2.05, 4.69) is 41.7 Å². The van der Waals surface area contributed by atoms with Crippen molar-refractivity contribution in [3.8, 4) is 0 Å². The van der Waals surface area contributed by atoms with Gasteiger partial charge < -0.3 is 5.32 Å². The van der Waals surface area contributed by atoms with Gasteiger partial charge in [-0.3, -0.25) is 4.79 Å². The maximum absolute atomic E-state index is 12.4. The fourth-order valence-electron chi connectivity index (χ4n) is 3.72. The number of nitrogens with zero attached hydrogens (tertiary/aromatic N) is 2.